The van der Waals surface area contributed by atoms with Crippen molar-refractivity contribution < 1.29 is 9.18 Å². The molecule has 0 aliphatic carbocycles. The summed E-state index contributed by atoms with van der Waals surface area (Å²) in [5.41, 5.74) is 0.726. The van der Waals surface area contributed by atoms with E-state index in [1.807, 2.05) is 0 Å². The van der Waals surface area contributed by atoms with Crippen LogP contribution in [0.5, 0.6) is 0 Å². The van der Waals surface area contributed by atoms with E-state index < -0.39 is 11.7 Å². The number of rotatable bonds is 4. The summed E-state index contributed by atoms with van der Waals surface area (Å²) >= 11 is 11.9. The first kappa shape index (κ1) is 17.1. The molecule has 8 heteroatoms. The average molecular weight is 377 g/mol. The minimum Gasteiger partial charge on any atom is -0.338 e. The van der Waals surface area contributed by atoms with Crippen molar-refractivity contribution in [1.82, 2.24) is 9.97 Å². The molecule has 5 nitrogen and oxygen atoms in total. The van der Waals surface area contributed by atoms with Gasteiger partial charge in [-0.1, -0.05) is 35.3 Å². The Hall–Kier alpha value is -2.70. The molecular formula is C17H11Cl2FN4O. The van der Waals surface area contributed by atoms with Crippen molar-refractivity contribution in [2.75, 3.05) is 10.6 Å². The van der Waals surface area contributed by atoms with Gasteiger partial charge in [0.15, 0.2) is 0 Å². The number of halogens is 3. The van der Waals surface area contributed by atoms with E-state index in [4.69, 9.17) is 23.2 Å². The van der Waals surface area contributed by atoms with Crippen LogP contribution in [0, 0.1) is 5.82 Å². The van der Waals surface area contributed by atoms with E-state index in [0.29, 0.717) is 21.6 Å². The van der Waals surface area contributed by atoms with Crippen molar-refractivity contribution in [2.45, 2.75) is 0 Å². The van der Waals surface area contributed by atoms with Crippen LogP contribution in [0.15, 0.2) is 54.9 Å². The minimum atomic E-state index is -0.561. The highest BCUT2D eigenvalue weighted by Gasteiger charge is 2.11. The van der Waals surface area contributed by atoms with Crippen LogP contribution < -0.4 is 10.6 Å². The molecule has 0 saturated carbocycles. The van der Waals surface area contributed by atoms with Gasteiger partial charge in [0.05, 0.1) is 28.8 Å². The van der Waals surface area contributed by atoms with Gasteiger partial charge in [0.25, 0.3) is 5.91 Å². The number of para-hydroxylation sites is 1. The molecule has 2 aromatic carbocycles. The van der Waals surface area contributed by atoms with Crippen molar-refractivity contribution >= 4 is 46.3 Å². The SMILES string of the molecule is O=C(Nc1ccccc1F)c1cnc(Nc2ccc(Cl)cc2Cl)cn1. The standard InChI is InChI=1S/C17H11Cl2FN4O/c18-10-5-6-13(11(19)7-10)23-16-9-21-15(8-22-16)17(25)24-14-4-2-1-3-12(14)20/h1-9H,(H,22,23)(H,24,25). The number of benzene rings is 2. The zero-order chi connectivity index (χ0) is 17.8. The Morgan fingerprint density at radius 2 is 1.80 bits per heavy atom. The smallest absolute Gasteiger partial charge is 0.275 e. The number of carbonyl (C=O) groups is 1. The number of nitrogens with zero attached hydrogens (tertiary/aromatic N) is 2. The number of nitrogens with one attached hydrogen (secondary N) is 2. The van der Waals surface area contributed by atoms with Crippen LogP contribution in [0.25, 0.3) is 0 Å². The molecule has 3 aromatic rings. The maximum absolute atomic E-state index is 13.6. The van der Waals surface area contributed by atoms with Crippen molar-refractivity contribution in [2.24, 2.45) is 0 Å². The van der Waals surface area contributed by atoms with Gasteiger partial charge in [-0.2, -0.15) is 0 Å². The number of anilines is 3. The second kappa shape index (κ2) is 7.46. The van der Waals surface area contributed by atoms with E-state index in [-0.39, 0.29) is 11.4 Å². The second-order valence-electron chi connectivity index (χ2n) is 4.97. The molecule has 0 aliphatic rings. The first-order valence-corrected chi connectivity index (χ1v) is 7.88. The van der Waals surface area contributed by atoms with Crippen LogP contribution in [0.1, 0.15) is 10.5 Å². The normalized spacial score (nSPS) is 10.4. The van der Waals surface area contributed by atoms with E-state index in [1.54, 1.807) is 24.3 Å². The molecule has 0 atom stereocenters. The molecule has 0 aliphatic heterocycles. The third-order valence-electron chi connectivity index (χ3n) is 3.20. The lowest BCUT2D eigenvalue weighted by Gasteiger charge is -2.08. The first-order chi connectivity index (χ1) is 12.0. The maximum Gasteiger partial charge on any atom is 0.275 e. The van der Waals surface area contributed by atoms with Gasteiger partial charge in [-0.3, -0.25) is 4.79 Å². The minimum absolute atomic E-state index is 0.0519. The Morgan fingerprint density at radius 3 is 2.48 bits per heavy atom. The zero-order valence-electron chi connectivity index (χ0n) is 12.6. The molecule has 25 heavy (non-hydrogen) atoms. The molecule has 0 unspecified atom stereocenters. The van der Waals surface area contributed by atoms with Crippen LogP contribution in [-0.2, 0) is 0 Å². The van der Waals surface area contributed by atoms with Gasteiger partial charge in [-0.05, 0) is 30.3 Å². The van der Waals surface area contributed by atoms with Crippen molar-refractivity contribution in [3.63, 3.8) is 0 Å². The van der Waals surface area contributed by atoms with Crippen LogP contribution in [0.2, 0.25) is 10.0 Å². The van der Waals surface area contributed by atoms with Gasteiger partial charge in [0.2, 0.25) is 0 Å². The summed E-state index contributed by atoms with van der Waals surface area (Å²) in [4.78, 5) is 20.2. The van der Waals surface area contributed by atoms with E-state index in [2.05, 4.69) is 20.6 Å². The molecule has 1 heterocycles. The lowest BCUT2D eigenvalue weighted by molar-refractivity contribution is 0.102. The van der Waals surface area contributed by atoms with Gasteiger partial charge in [0, 0.05) is 5.02 Å². The van der Waals surface area contributed by atoms with Crippen molar-refractivity contribution in [3.8, 4) is 0 Å². The molecule has 126 valence electrons. The summed E-state index contributed by atoms with van der Waals surface area (Å²) < 4.78 is 13.6. The predicted octanol–water partition coefficient (Wildman–Crippen LogP) is 4.92. The number of hydrogen-bond donors (Lipinski definition) is 2. The molecule has 0 fully saturated rings. The van der Waals surface area contributed by atoms with Gasteiger partial charge in [-0.25, -0.2) is 14.4 Å². The summed E-state index contributed by atoms with van der Waals surface area (Å²) in [6.45, 7) is 0. The summed E-state index contributed by atoms with van der Waals surface area (Å²) in [6.07, 6.45) is 2.66. The largest absolute Gasteiger partial charge is 0.338 e. The molecule has 1 aromatic heterocycles. The number of hydrogen-bond acceptors (Lipinski definition) is 4. The van der Waals surface area contributed by atoms with Crippen molar-refractivity contribution in [3.05, 3.63) is 76.4 Å². The highest BCUT2D eigenvalue weighted by molar-refractivity contribution is 6.36. The van der Waals surface area contributed by atoms with Gasteiger partial charge >= 0.3 is 0 Å². The zero-order valence-corrected chi connectivity index (χ0v) is 14.1. The molecule has 3 rings (SSSR count). The lowest BCUT2D eigenvalue weighted by Crippen LogP contribution is -2.15. The van der Waals surface area contributed by atoms with Crippen LogP contribution in [0.3, 0.4) is 0 Å². The third-order valence-corrected chi connectivity index (χ3v) is 3.75. The fraction of sp³-hybridized carbons (Fsp3) is 0. The molecular weight excluding hydrogens is 366 g/mol. The summed E-state index contributed by atoms with van der Waals surface area (Å²) in [5.74, 6) is -0.695. The lowest BCUT2D eigenvalue weighted by atomic mass is 10.3. The van der Waals surface area contributed by atoms with Crippen LogP contribution in [0.4, 0.5) is 21.6 Å². The second-order valence-corrected chi connectivity index (χ2v) is 5.81. The van der Waals surface area contributed by atoms with E-state index in [1.165, 1.54) is 30.6 Å². The maximum atomic E-state index is 13.6. The quantitative estimate of drug-likeness (QED) is 0.678. The molecule has 0 bridgehead atoms. The third kappa shape index (κ3) is 4.23. The Bertz CT molecular complexity index is 919. The average Bonchev–Trinajstić information content (AvgIpc) is 2.60. The Morgan fingerprint density at radius 1 is 1.00 bits per heavy atom. The van der Waals surface area contributed by atoms with Gasteiger partial charge in [-0.15, -0.1) is 0 Å². The number of carbonyl (C=O) groups excluding carboxylic acids is 1. The predicted molar refractivity (Wildman–Crippen MR) is 96.1 cm³/mol. The molecule has 2 N–H and O–H groups in total. The van der Waals surface area contributed by atoms with E-state index >= 15 is 0 Å². The Labute approximate surface area is 152 Å². The molecule has 1 amide bonds. The summed E-state index contributed by atoms with van der Waals surface area (Å²) in [7, 11) is 0. The van der Waals surface area contributed by atoms with E-state index in [9.17, 15) is 9.18 Å². The first-order valence-electron chi connectivity index (χ1n) is 7.13. The number of aromatic nitrogens is 2. The fourth-order valence-corrected chi connectivity index (χ4v) is 2.44. The monoisotopic (exact) mass is 376 g/mol. The molecule has 0 radical (unpaired) electrons. The highest BCUT2D eigenvalue weighted by Crippen LogP contribution is 2.27. The number of amides is 1. The van der Waals surface area contributed by atoms with Gasteiger partial charge < -0.3 is 10.6 Å². The summed E-state index contributed by atoms with van der Waals surface area (Å²) in [6, 6.07) is 10.8. The van der Waals surface area contributed by atoms with Crippen LogP contribution >= 0.6 is 23.2 Å². The highest BCUT2D eigenvalue weighted by atomic mass is 35.5. The topological polar surface area (TPSA) is 66.9 Å². The molecule has 0 saturated heterocycles. The Balaban J connectivity index is 1.71. The molecule has 0 spiro atoms. The van der Waals surface area contributed by atoms with Crippen molar-refractivity contribution in [1.29, 1.82) is 0 Å². The summed E-state index contributed by atoms with van der Waals surface area (Å²) in [5, 5.41) is 6.35. The Kier molecular flexibility index (Phi) is 5.11. The fourth-order valence-electron chi connectivity index (χ4n) is 1.99. The van der Waals surface area contributed by atoms with E-state index in [0.717, 1.165) is 0 Å². The van der Waals surface area contributed by atoms with Crippen LogP contribution in [-0.4, -0.2) is 15.9 Å². The van der Waals surface area contributed by atoms with Gasteiger partial charge in [0.1, 0.15) is 17.3 Å².